The van der Waals surface area contributed by atoms with Crippen molar-refractivity contribution in [2.24, 2.45) is 7.05 Å². The second kappa shape index (κ2) is 14.3. The van der Waals surface area contributed by atoms with Gasteiger partial charge >= 0.3 is 11.8 Å². The molecule has 1 unspecified atom stereocenters. The van der Waals surface area contributed by atoms with E-state index >= 15 is 0 Å². The number of carbonyl (C=O) groups excluding carboxylic acids is 2. The third-order valence-electron chi connectivity index (χ3n) is 8.03. The van der Waals surface area contributed by atoms with Crippen LogP contribution >= 0.6 is 0 Å². The Bertz CT molecular complexity index is 1950. The highest BCUT2D eigenvalue weighted by Crippen LogP contribution is 2.24. The van der Waals surface area contributed by atoms with Gasteiger partial charge in [-0.15, -0.1) is 0 Å². The lowest BCUT2D eigenvalue weighted by atomic mass is 10.1. The van der Waals surface area contributed by atoms with Crippen molar-refractivity contribution in [3.05, 3.63) is 98.2 Å². The molecule has 2 aromatic carbocycles. The van der Waals surface area contributed by atoms with Crippen LogP contribution in [0.5, 0.6) is 5.75 Å². The molecule has 254 valence electrons. The van der Waals surface area contributed by atoms with Crippen molar-refractivity contribution >= 4 is 29.0 Å². The standard InChI is InChI=1S/C36H44N6O6/c1-24(2)17-19-41-30-31(38-33(41)40-18-11-15-27(21-40)37-34(45)48-36(3,4)5)39(6)35(46)42(32(30)44)22-29(43)26-14-10-16-28(20-26)47-23-25-12-8-7-9-13-25/h7-10,12-14,16-17,20,27H,11,15,18-19,21-23H2,1-6H3,(H,37,45). The first-order valence-corrected chi connectivity index (χ1v) is 16.2. The summed E-state index contributed by atoms with van der Waals surface area (Å²) in [5.74, 6) is 0.616. The molecule has 1 aliphatic heterocycles. The van der Waals surface area contributed by atoms with Gasteiger partial charge in [-0.2, -0.15) is 4.98 Å². The molecule has 12 heteroatoms. The number of carbonyl (C=O) groups is 2. The summed E-state index contributed by atoms with van der Waals surface area (Å²) < 4.78 is 15.4. The van der Waals surface area contributed by atoms with E-state index in [1.807, 2.05) is 75.9 Å². The van der Waals surface area contributed by atoms with Gasteiger partial charge in [-0.3, -0.25) is 18.7 Å². The summed E-state index contributed by atoms with van der Waals surface area (Å²) in [7, 11) is 1.55. The van der Waals surface area contributed by atoms with Crippen LogP contribution in [0.15, 0.2) is 75.8 Å². The molecule has 0 spiro atoms. The van der Waals surface area contributed by atoms with Crippen molar-refractivity contribution in [3.63, 3.8) is 0 Å². The number of Topliss-reactive ketones (excluding diaryl/α,β-unsaturated/α-hetero) is 1. The number of benzene rings is 2. The Hall–Kier alpha value is -5.13. The monoisotopic (exact) mass is 656 g/mol. The van der Waals surface area contributed by atoms with E-state index in [1.165, 1.54) is 4.57 Å². The molecule has 3 heterocycles. The number of hydrogen-bond acceptors (Lipinski definition) is 8. The molecule has 48 heavy (non-hydrogen) atoms. The van der Waals surface area contributed by atoms with Crippen LogP contribution in [-0.4, -0.2) is 55.3 Å². The first-order valence-electron chi connectivity index (χ1n) is 16.2. The molecule has 5 rings (SSSR count). The Kier molecular flexibility index (Phi) is 10.2. The Labute approximate surface area is 279 Å². The van der Waals surface area contributed by atoms with Crippen molar-refractivity contribution < 1.29 is 19.1 Å². The van der Waals surface area contributed by atoms with E-state index in [0.717, 1.165) is 28.5 Å². The fraction of sp³-hybridized carbons (Fsp3) is 0.417. The molecular formula is C36H44N6O6. The molecule has 1 fully saturated rings. The number of ether oxygens (including phenoxy) is 2. The van der Waals surface area contributed by atoms with E-state index in [-0.39, 0.29) is 17.2 Å². The molecular weight excluding hydrogens is 612 g/mol. The molecule has 1 N–H and O–H groups in total. The number of nitrogens with one attached hydrogen (secondary N) is 1. The molecule has 0 aliphatic carbocycles. The van der Waals surface area contributed by atoms with Gasteiger partial charge in [-0.25, -0.2) is 9.59 Å². The van der Waals surface area contributed by atoms with Gasteiger partial charge in [0.1, 0.15) is 18.0 Å². The lowest BCUT2D eigenvalue weighted by molar-refractivity contribution is 0.0499. The van der Waals surface area contributed by atoms with Crippen LogP contribution in [0.2, 0.25) is 0 Å². The van der Waals surface area contributed by atoms with E-state index in [2.05, 4.69) is 5.32 Å². The Morgan fingerprint density at radius 3 is 2.50 bits per heavy atom. The van der Waals surface area contributed by atoms with Gasteiger partial charge in [0.05, 0.1) is 6.54 Å². The Morgan fingerprint density at radius 1 is 1.04 bits per heavy atom. The summed E-state index contributed by atoms with van der Waals surface area (Å²) in [6.07, 6.45) is 3.02. The first-order chi connectivity index (χ1) is 22.8. The molecule has 2 aromatic heterocycles. The number of anilines is 1. The number of imidazole rings is 1. The van der Waals surface area contributed by atoms with Crippen LogP contribution in [-0.2, 0) is 31.5 Å². The number of fused-ring (bicyclic) bond motifs is 1. The molecule has 1 aliphatic rings. The summed E-state index contributed by atoms with van der Waals surface area (Å²) >= 11 is 0. The molecule has 1 amide bonds. The Balaban J connectivity index is 1.46. The number of aromatic nitrogens is 4. The van der Waals surface area contributed by atoms with Gasteiger partial charge in [0.15, 0.2) is 16.9 Å². The van der Waals surface area contributed by atoms with Crippen LogP contribution in [0.4, 0.5) is 10.7 Å². The summed E-state index contributed by atoms with van der Waals surface area (Å²) in [5.41, 5.74) is 0.941. The van der Waals surface area contributed by atoms with Gasteiger partial charge in [0, 0.05) is 38.3 Å². The smallest absolute Gasteiger partial charge is 0.407 e. The van der Waals surface area contributed by atoms with Crippen LogP contribution in [0.1, 0.15) is 63.4 Å². The van der Waals surface area contributed by atoms with Crippen LogP contribution < -0.4 is 26.2 Å². The SMILES string of the molecule is CC(C)=CCn1c(N2CCCC(NC(=O)OC(C)(C)C)C2)nc2c1c(=O)n(CC(=O)c1cccc(OCc3ccccc3)c1)c(=O)n2C. The van der Waals surface area contributed by atoms with Crippen molar-refractivity contribution in [2.75, 3.05) is 18.0 Å². The number of nitrogens with zero attached hydrogens (tertiary/aromatic N) is 5. The lowest BCUT2D eigenvalue weighted by Gasteiger charge is -2.34. The molecule has 4 aromatic rings. The van der Waals surface area contributed by atoms with E-state index < -0.39 is 35.3 Å². The van der Waals surface area contributed by atoms with Crippen molar-refractivity contribution in [1.82, 2.24) is 24.0 Å². The number of allylic oxidation sites excluding steroid dienone is 2. The second-order valence-corrected chi connectivity index (χ2v) is 13.4. The Morgan fingerprint density at radius 2 is 1.79 bits per heavy atom. The average molecular weight is 657 g/mol. The van der Waals surface area contributed by atoms with Gasteiger partial charge in [-0.05, 0) is 65.2 Å². The van der Waals surface area contributed by atoms with Crippen LogP contribution in [0.3, 0.4) is 0 Å². The minimum Gasteiger partial charge on any atom is -0.489 e. The summed E-state index contributed by atoms with van der Waals surface area (Å²) in [5, 5.41) is 2.96. The maximum atomic E-state index is 14.1. The van der Waals surface area contributed by atoms with Gasteiger partial charge < -0.3 is 24.3 Å². The highest BCUT2D eigenvalue weighted by atomic mass is 16.6. The number of piperidine rings is 1. The molecule has 1 atom stereocenters. The molecule has 0 saturated carbocycles. The lowest BCUT2D eigenvalue weighted by Crippen LogP contribution is -2.49. The molecule has 0 bridgehead atoms. The maximum Gasteiger partial charge on any atom is 0.407 e. The van der Waals surface area contributed by atoms with Crippen LogP contribution in [0, 0.1) is 0 Å². The zero-order chi connectivity index (χ0) is 34.6. The first kappa shape index (κ1) is 34.2. The van der Waals surface area contributed by atoms with Gasteiger partial charge in [-0.1, -0.05) is 54.1 Å². The average Bonchev–Trinajstić information content (AvgIpc) is 3.43. The van der Waals surface area contributed by atoms with Crippen molar-refractivity contribution in [2.45, 2.75) is 78.8 Å². The molecule has 1 saturated heterocycles. The predicted molar refractivity (Wildman–Crippen MR) is 185 cm³/mol. The minimum absolute atomic E-state index is 0.198. The number of ketones is 1. The zero-order valence-corrected chi connectivity index (χ0v) is 28.5. The van der Waals surface area contributed by atoms with E-state index in [4.69, 9.17) is 14.5 Å². The normalized spacial score (nSPS) is 14.9. The quantitative estimate of drug-likeness (QED) is 0.190. The summed E-state index contributed by atoms with van der Waals surface area (Å²) in [6.45, 7) is 10.7. The fourth-order valence-electron chi connectivity index (χ4n) is 5.67. The maximum absolute atomic E-state index is 14.1. The van der Waals surface area contributed by atoms with Gasteiger partial charge in [0.25, 0.3) is 5.56 Å². The predicted octanol–water partition coefficient (Wildman–Crippen LogP) is 4.82. The topological polar surface area (TPSA) is 130 Å². The summed E-state index contributed by atoms with van der Waals surface area (Å²) in [4.78, 5) is 60.5. The fourth-order valence-corrected chi connectivity index (χ4v) is 5.67. The van der Waals surface area contributed by atoms with E-state index in [9.17, 15) is 19.2 Å². The highest BCUT2D eigenvalue weighted by molar-refractivity contribution is 5.96. The molecule has 12 nitrogen and oxygen atoms in total. The number of aryl methyl sites for hydroxylation is 1. The number of amides is 1. The van der Waals surface area contributed by atoms with Crippen molar-refractivity contribution in [1.29, 1.82) is 0 Å². The van der Waals surface area contributed by atoms with Crippen LogP contribution in [0.25, 0.3) is 11.2 Å². The molecule has 0 radical (unpaired) electrons. The zero-order valence-electron chi connectivity index (χ0n) is 28.5. The van der Waals surface area contributed by atoms with Crippen molar-refractivity contribution in [3.8, 4) is 5.75 Å². The third kappa shape index (κ3) is 8.04. The number of rotatable bonds is 10. The highest BCUT2D eigenvalue weighted by Gasteiger charge is 2.29. The second-order valence-electron chi connectivity index (χ2n) is 13.4. The minimum atomic E-state index is -0.640. The third-order valence-corrected chi connectivity index (χ3v) is 8.03. The number of hydrogen-bond donors (Lipinski definition) is 1. The van der Waals surface area contributed by atoms with E-state index in [1.54, 1.807) is 35.9 Å². The van der Waals surface area contributed by atoms with E-state index in [0.29, 0.717) is 43.5 Å². The summed E-state index contributed by atoms with van der Waals surface area (Å²) in [6, 6.07) is 16.2. The number of alkyl carbamates (subject to hydrolysis) is 1. The largest absolute Gasteiger partial charge is 0.489 e. The van der Waals surface area contributed by atoms with Gasteiger partial charge in [0.2, 0.25) is 5.95 Å².